The predicted molar refractivity (Wildman–Crippen MR) is 107 cm³/mol. The van der Waals surface area contributed by atoms with Gasteiger partial charge in [0, 0.05) is 25.7 Å². The van der Waals surface area contributed by atoms with Crippen LogP contribution in [0.4, 0.5) is 11.4 Å². The minimum Gasteiger partial charge on any atom is -0.497 e. The van der Waals surface area contributed by atoms with E-state index in [0.29, 0.717) is 22.7 Å². The van der Waals surface area contributed by atoms with Gasteiger partial charge in [-0.25, -0.2) is 0 Å². The van der Waals surface area contributed by atoms with E-state index in [-0.39, 0.29) is 11.4 Å². The van der Waals surface area contributed by atoms with Gasteiger partial charge in [-0.15, -0.1) is 0 Å². The van der Waals surface area contributed by atoms with Crippen LogP contribution in [0, 0.1) is 6.92 Å². The van der Waals surface area contributed by atoms with Gasteiger partial charge >= 0.3 is 0 Å². The first-order valence-electron chi connectivity index (χ1n) is 8.70. The van der Waals surface area contributed by atoms with Gasteiger partial charge in [0.25, 0.3) is 11.8 Å². The number of amides is 2. The minimum absolute atomic E-state index is 0.205. The molecule has 1 aromatic carbocycles. The maximum atomic E-state index is 12.8. The van der Waals surface area contributed by atoms with Crippen LogP contribution in [0.25, 0.3) is 0 Å². The number of hydrogen-bond acceptors (Lipinski definition) is 6. The fourth-order valence-corrected chi connectivity index (χ4v) is 2.73. The number of hydrogen-bond donors (Lipinski definition) is 2. The van der Waals surface area contributed by atoms with Crippen LogP contribution in [0.15, 0.2) is 30.6 Å². The van der Waals surface area contributed by atoms with Crippen LogP contribution >= 0.6 is 0 Å². The Morgan fingerprint density at radius 3 is 1.97 bits per heavy atom. The highest BCUT2D eigenvalue weighted by Gasteiger charge is 2.21. The normalized spacial score (nSPS) is 10.5. The number of methoxy groups -OCH3 is 2. The highest BCUT2D eigenvalue weighted by molar-refractivity contribution is 6.11. The molecule has 29 heavy (non-hydrogen) atoms. The van der Waals surface area contributed by atoms with Crippen molar-refractivity contribution in [3.63, 3.8) is 0 Å². The van der Waals surface area contributed by atoms with Gasteiger partial charge in [-0.05, 0) is 19.1 Å². The van der Waals surface area contributed by atoms with E-state index in [1.165, 1.54) is 25.1 Å². The Morgan fingerprint density at radius 1 is 0.862 bits per heavy atom. The number of nitrogens with one attached hydrogen (secondary N) is 2. The Hall–Kier alpha value is -3.82. The van der Waals surface area contributed by atoms with Gasteiger partial charge < -0.3 is 20.1 Å². The molecule has 0 saturated heterocycles. The number of nitrogens with zero attached hydrogens (tertiary/aromatic N) is 4. The Kier molecular flexibility index (Phi) is 5.53. The third-order valence-electron chi connectivity index (χ3n) is 4.50. The van der Waals surface area contributed by atoms with E-state index in [1.54, 1.807) is 43.2 Å². The molecule has 0 saturated carbocycles. The summed E-state index contributed by atoms with van der Waals surface area (Å²) in [6.45, 7) is 1.84. The lowest BCUT2D eigenvalue weighted by molar-refractivity contribution is 0.101. The molecule has 10 nitrogen and oxygen atoms in total. The fraction of sp³-hybridized carbons (Fsp3) is 0.263. The summed E-state index contributed by atoms with van der Waals surface area (Å²) >= 11 is 0. The third kappa shape index (κ3) is 4.05. The van der Waals surface area contributed by atoms with Gasteiger partial charge in [0.05, 0.1) is 43.7 Å². The quantitative estimate of drug-likeness (QED) is 0.657. The molecular weight excluding hydrogens is 376 g/mol. The van der Waals surface area contributed by atoms with Crippen LogP contribution in [0.1, 0.15) is 26.5 Å². The topological polar surface area (TPSA) is 112 Å². The molecule has 0 atom stereocenters. The molecule has 3 rings (SSSR count). The van der Waals surface area contributed by atoms with E-state index in [2.05, 4.69) is 20.8 Å². The molecule has 2 aromatic heterocycles. The number of ether oxygens (including phenoxy) is 2. The molecule has 0 aliphatic carbocycles. The van der Waals surface area contributed by atoms with Crippen molar-refractivity contribution in [1.29, 1.82) is 0 Å². The number of aryl methyl sites for hydroxylation is 2. The Bertz CT molecular complexity index is 1050. The number of carbonyl (C=O) groups is 2. The van der Waals surface area contributed by atoms with Crippen LogP contribution < -0.4 is 20.1 Å². The van der Waals surface area contributed by atoms with E-state index in [4.69, 9.17) is 9.47 Å². The Balaban J connectivity index is 1.85. The van der Waals surface area contributed by atoms with Gasteiger partial charge in [0.1, 0.15) is 17.2 Å². The fourth-order valence-electron chi connectivity index (χ4n) is 2.73. The second kappa shape index (κ2) is 8.05. The molecule has 0 aliphatic rings. The summed E-state index contributed by atoms with van der Waals surface area (Å²) in [7, 11) is 6.40. The van der Waals surface area contributed by atoms with Crippen molar-refractivity contribution in [2.75, 3.05) is 24.9 Å². The molecule has 152 valence electrons. The summed E-state index contributed by atoms with van der Waals surface area (Å²) in [4.78, 5) is 25.5. The number of carbonyl (C=O) groups excluding carboxylic acids is 2. The number of benzene rings is 1. The van der Waals surface area contributed by atoms with Crippen molar-refractivity contribution in [1.82, 2.24) is 19.6 Å². The van der Waals surface area contributed by atoms with E-state index < -0.39 is 11.8 Å². The van der Waals surface area contributed by atoms with E-state index in [1.807, 2.05) is 6.92 Å². The van der Waals surface area contributed by atoms with Crippen molar-refractivity contribution in [3.05, 3.63) is 47.5 Å². The number of anilines is 2. The first-order valence-corrected chi connectivity index (χ1v) is 8.70. The summed E-state index contributed by atoms with van der Waals surface area (Å²) in [5.74, 6) is 0.109. The van der Waals surface area contributed by atoms with Crippen molar-refractivity contribution < 1.29 is 19.1 Å². The van der Waals surface area contributed by atoms with E-state index in [0.717, 1.165) is 5.69 Å². The summed E-state index contributed by atoms with van der Waals surface area (Å²) < 4.78 is 13.4. The van der Waals surface area contributed by atoms with Gasteiger partial charge in [0.15, 0.2) is 0 Å². The van der Waals surface area contributed by atoms with Crippen LogP contribution in [0.5, 0.6) is 11.5 Å². The van der Waals surface area contributed by atoms with Crippen molar-refractivity contribution >= 4 is 23.2 Å². The molecule has 0 radical (unpaired) electrons. The van der Waals surface area contributed by atoms with Crippen LogP contribution in [0.2, 0.25) is 0 Å². The lowest BCUT2D eigenvalue weighted by Gasteiger charge is -2.10. The zero-order chi connectivity index (χ0) is 21.1. The monoisotopic (exact) mass is 398 g/mol. The molecule has 2 N–H and O–H groups in total. The highest BCUT2D eigenvalue weighted by atomic mass is 16.5. The zero-order valence-corrected chi connectivity index (χ0v) is 16.8. The van der Waals surface area contributed by atoms with Crippen LogP contribution in [-0.4, -0.2) is 45.6 Å². The molecule has 0 spiro atoms. The SMILES string of the molecule is COc1cc(OC)cc(C(=O)Nc2cnn(C)c2C(=O)Nc2cnn(C)c2C)c1. The van der Waals surface area contributed by atoms with Gasteiger partial charge in [0.2, 0.25) is 0 Å². The maximum Gasteiger partial charge on any atom is 0.276 e. The maximum absolute atomic E-state index is 12.8. The average Bonchev–Trinajstić information content (AvgIpc) is 3.23. The van der Waals surface area contributed by atoms with Crippen molar-refractivity contribution in [2.24, 2.45) is 14.1 Å². The first-order chi connectivity index (χ1) is 13.8. The zero-order valence-electron chi connectivity index (χ0n) is 16.8. The second-order valence-corrected chi connectivity index (χ2v) is 6.31. The van der Waals surface area contributed by atoms with Gasteiger partial charge in [-0.1, -0.05) is 0 Å². The molecule has 0 fully saturated rings. The van der Waals surface area contributed by atoms with Crippen molar-refractivity contribution in [3.8, 4) is 11.5 Å². The predicted octanol–water partition coefficient (Wildman–Crippen LogP) is 1.98. The largest absolute Gasteiger partial charge is 0.497 e. The molecule has 3 aromatic rings. The molecular formula is C19H22N6O4. The lowest BCUT2D eigenvalue weighted by atomic mass is 10.2. The van der Waals surface area contributed by atoms with E-state index in [9.17, 15) is 9.59 Å². The standard InChI is InChI=1S/C19H22N6O4/c1-11-15(9-20-24(11)2)22-19(27)17-16(10-21-25(17)3)23-18(26)12-6-13(28-4)8-14(7-12)29-5/h6-10H,1-5H3,(H,22,27)(H,23,26). The lowest BCUT2D eigenvalue weighted by Crippen LogP contribution is -2.20. The Morgan fingerprint density at radius 2 is 1.41 bits per heavy atom. The summed E-state index contributed by atoms with van der Waals surface area (Å²) in [6.07, 6.45) is 2.98. The van der Waals surface area contributed by atoms with Crippen LogP contribution in [0.3, 0.4) is 0 Å². The molecule has 0 unspecified atom stereocenters. The number of aromatic nitrogens is 4. The number of rotatable bonds is 6. The smallest absolute Gasteiger partial charge is 0.276 e. The minimum atomic E-state index is -0.429. The molecule has 2 heterocycles. The molecule has 0 bridgehead atoms. The Labute approximate surface area is 167 Å². The highest BCUT2D eigenvalue weighted by Crippen LogP contribution is 2.24. The van der Waals surface area contributed by atoms with E-state index >= 15 is 0 Å². The third-order valence-corrected chi connectivity index (χ3v) is 4.50. The summed E-state index contributed by atoms with van der Waals surface area (Å²) in [5.41, 5.74) is 2.18. The second-order valence-electron chi connectivity index (χ2n) is 6.31. The van der Waals surface area contributed by atoms with Gasteiger partial charge in [-0.3, -0.25) is 19.0 Å². The van der Waals surface area contributed by atoms with Gasteiger partial charge in [-0.2, -0.15) is 10.2 Å². The van der Waals surface area contributed by atoms with Crippen molar-refractivity contribution in [2.45, 2.75) is 6.92 Å². The summed E-state index contributed by atoms with van der Waals surface area (Å²) in [6, 6.07) is 4.82. The molecule has 0 aliphatic heterocycles. The summed E-state index contributed by atoms with van der Waals surface area (Å²) in [5, 5.41) is 13.7. The molecule has 2 amide bonds. The first kappa shape index (κ1) is 19.9. The van der Waals surface area contributed by atoms with Crippen LogP contribution in [-0.2, 0) is 14.1 Å². The average molecular weight is 398 g/mol. The molecule has 10 heteroatoms.